The molecule has 3 heterocycles. The zero-order valence-electron chi connectivity index (χ0n) is 38.3. The fourth-order valence-electron chi connectivity index (χ4n) is 9.33. The largest absolute Gasteiger partial charge is 0.457 e. The maximum absolute atomic E-state index is 7.13. The number of ether oxygens (including phenoxy) is 1. The first kappa shape index (κ1) is 41.0. The van der Waals surface area contributed by atoms with Crippen LogP contribution >= 0.6 is 0 Å². The molecule has 5 heteroatoms. The Balaban J connectivity index is 1.23. The Hall–Kier alpha value is -6.33. The maximum Gasteiger partial charge on any atom is 0.137 e. The Kier molecular flexibility index (Phi) is 10.1. The van der Waals surface area contributed by atoms with Crippen LogP contribution in [0.5, 0.6) is 11.5 Å². The van der Waals surface area contributed by atoms with Gasteiger partial charge in [0, 0.05) is 40.5 Å². The van der Waals surface area contributed by atoms with E-state index >= 15 is 0 Å². The van der Waals surface area contributed by atoms with Crippen LogP contribution in [0, 0.1) is 0 Å². The van der Waals surface area contributed by atoms with Crippen molar-refractivity contribution in [1.82, 2.24) is 9.55 Å². The minimum Gasteiger partial charge on any atom is -0.457 e. The van der Waals surface area contributed by atoms with Crippen molar-refractivity contribution in [3.63, 3.8) is 0 Å². The summed E-state index contributed by atoms with van der Waals surface area (Å²) >= 11 is 0. The molecule has 1 aliphatic rings. The molecular formula is C57H60N4O. The maximum atomic E-state index is 7.13. The lowest BCUT2D eigenvalue weighted by Crippen LogP contribution is -2.26. The standard InChI is InChI=1S/C57H60N4O/c1-37(2)43-20-18-22-47(57(9,10)11)54(43)38-31-40(59-36-60(51-26-17-16-25-50(51)59)49-24-15-13-21-46(49)56(6,7)8)34-42(32-38)62-41-27-28-45-44-19-12-14-23-48(44)61(52(45)35-41)53-33-39(29-30-58-53)55(3,4)5/h12-35,37H,36H2,1-11H3. The highest BCUT2D eigenvalue weighted by atomic mass is 16.5. The first-order valence-corrected chi connectivity index (χ1v) is 22.2. The summed E-state index contributed by atoms with van der Waals surface area (Å²) in [6.45, 7) is 25.9. The van der Waals surface area contributed by atoms with Gasteiger partial charge >= 0.3 is 0 Å². The number of hydrogen-bond donors (Lipinski definition) is 0. The fourth-order valence-corrected chi connectivity index (χ4v) is 9.33. The van der Waals surface area contributed by atoms with Gasteiger partial charge in [0.25, 0.3) is 0 Å². The van der Waals surface area contributed by atoms with E-state index in [1.165, 1.54) is 50.3 Å². The number of pyridine rings is 1. The lowest BCUT2D eigenvalue weighted by Gasteiger charge is -2.30. The van der Waals surface area contributed by atoms with Gasteiger partial charge in [-0.1, -0.05) is 143 Å². The van der Waals surface area contributed by atoms with E-state index in [4.69, 9.17) is 9.72 Å². The number of fused-ring (bicyclic) bond motifs is 4. The Bertz CT molecular complexity index is 2970. The molecule has 0 N–H and O–H groups in total. The third-order valence-electron chi connectivity index (χ3n) is 12.5. The van der Waals surface area contributed by atoms with Crippen molar-refractivity contribution in [2.75, 3.05) is 16.5 Å². The first-order chi connectivity index (χ1) is 29.5. The minimum atomic E-state index is -0.0816. The van der Waals surface area contributed by atoms with Crippen molar-refractivity contribution < 1.29 is 4.74 Å². The normalized spacial score (nSPS) is 13.4. The quantitative estimate of drug-likeness (QED) is 0.160. The smallest absolute Gasteiger partial charge is 0.137 e. The van der Waals surface area contributed by atoms with Gasteiger partial charge in [0.2, 0.25) is 0 Å². The molecular weight excluding hydrogens is 757 g/mol. The van der Waals surface area contributed by atoms with E-state index in [1.54, 1.807) is 0 Å². The highest BCUT2D eigenvalue weighted by Crippen LogP contribution is 2.49. The van der Waals surface area contributed by atoms with Crippen LogP contribution in [0.2, 0.25) is 0 Å². The van der Waals surface area contributed by atoms with E-state index in [2.05, 4.69) is 230 Å². The number of para-hydroxylation sites is 4. The highest BCUT2D eigenvalue weighted by molar-refractivity contribution is 6.09. The SMILES string of the molecule is CC(C)c1cccc(C(C)(C)C)c1-c1cc(Oc2ccc3c4ccccc4n(-c4cc(C(C)(C)C)ccn4)c3c2)cc(N2CN(c3ccccc3C(C)(C)C)c3ccccc32)c1. The van der Waals surface area contributed by atoms with Gasteiger partial charge in [-0.05, 0) is 116 Å². The average Bonchev–Trinajstić information content (AvgIpc) is 3.78. The van der Waals surface area contributed by atoms with E-state index in [0.717, 1.165) is 45.0 Å². The topological polar surface area (TPSA) is 33.5 Å². The summed E-state index contributed by atoms with van der Waals surface area (Å²) in [6.07, 6.45) is 1.93. The molecule has 0 spiro atoms. The Morgan fingerprint density at radius 2 is 1.18 bits per heavy atom. The van der Waals surface area contributed by atoms with Crippen LogP contribution in [0.15, 0.2) is 146 Å². The van der Waals surface area contributed by atoms with Crippen molar-refractivity contribution in [3.8, 4) is 28.4 Å². The molecule has 0 radical (unpaired) electrons. The van der Waals surface area contributed by atoms with Gasteiger partial charge in [-0.2, -0.15) is 0 Å². The molecule has 62 heavy (non-hydrogen) atoms. The predicted molar refractivity (Wildman–Crippen MR) is 263 cm³/mol. The lowest BCUT2D eigenvalue weighted by molar-refractivity contribution is 0.483. The van der Waals surface area contributed by atoms with Crippen LogP contribution in [-0.4, -0.2) is 16.2 Å². The number of hydrogen-bond acceptors (Lipinski definition) is 4. The average molecular weight is 817 g/mol. The van der Waals surface area contributed by atoms with Gasteiger partial charge in [-0.15, -0.1) is 0 Å². The summed E-state index contributed by atoms with van der Waals surface area (Å²) in [5, 5.41) is 2.35. The second-order valence-corrected chi connectivity index (χ2v) is 20.4. The molecule has 0 fully saturated rings. The van der Waals surface area contributed by atoms with Gasteiger partial charge < -0.3 is 14.5 Å². The molecule has 8 aromatic rings. The van der Waals surface area contributed by atoms with Crippen molar-refractivity contribution in [2.45, 2.75) is 98.3 Å². The zero-order chi connectivity index (χ0) is 43.7. The number of anilines is 4. The molecule has 314 valence electrons. The predicted octanol–water partition coefficient (Wildman–Crippen LogP) is 15.9. The second-order valence-electron chi connectivity index (χ2n) is 20.4. The van der Waals surface area contributed by atoms with Gasteiger partial charge in [-0.25, -0.2) is 4.98 Å². The van der Waals surface area contributed by atoms with Crippen molar-refractivity contribution in [2.24, 2.45) is 0 Å². The molecule has 1 aliphatic heterocycles. The van der Waals surface area contributed by atoms with Gasteiger partial charge in [0.05, 0.1) is 22.4 Å². The summed E-state index contributed by atoms with van der Waals surface area (Å²) in [5.41, 5.74) is 14.4. The monoisotopic (exact) mass is 816 g/mol. The van der Waals surface area contributed by atoms with Crippen LogP contribution in [0.4, 0.5) is 22.7 Å². The second kappa shape index (κ2) is 15.2. The van der Waals surface area contributed by atoms with Crippen molar-refractivity contribution in [1.29, 1.82) is 0 Å². The molecule has 5 nitrogen and oxygen atoms in total. The molecule has 0 aliphatic carbocycles. The number of nitrogens with zero attached hydrogens (tertiary/aromatic N) is 4. The molecule has 0 unspecified atom stereocenters. The highest BCUT2D eigenvalue weighted by Gasteiger charge is 2.32. The van der Waals surface area contributed by atoms with Crippen LogP contribution in [0.1, 0.15) is 104 Å². The summed E-state index contributed by atoms with van der Waals surface area (Å²) in [6, 6.07) is 50.8. The third kappa shape index (κ3) is 7.42. The number of benzene rings is 6. The van der Waals surface area contributed by atoms with Crippen LogP contribution in [-0.2, 0) is 16.2 Å². The van der Waals surface area contributed by atoms with Crippen molar-refractivity contribution in [3.05, 3.63) is 168 Å². The molecule has 2 aromatic heterocycles. The van der Waals surface area contributed by atoms with Crippen LogP contribution in [0.3, 0.4) is 0 Å². The summed E-state index contributed by atoms with van der Waals surface area (Å²) in [4.78, 5) is 9.86. The summed E-state index contributed by atoms with van der Waals surface area (Å²) < 4.78 is 9.41. The van der Waals surface area contributed by atoms with E-state index in [-0.39, 0.29) is 16.2 Å². The Labute approximate surface area is 368 Å². The van der Waals surface area contributed by atoms with Gasteiger partial charge in [0.1, 0.15) is 24.0 Å². The fraction of sp³-hybridized carbons (Fsp3) is 0.281. The van der Waals surface area contributed by atoms with Crippen LogP contribution in [0.25, 0.3) is 38.8 Å². The molecule has 0 saturated carbocycles. The van der Waals surface area contributed by atoms with E-state index in [0.29, 0.717) is 12.6 Å². The molecule has 9 rings (SSSR count). The van der Waals surface area contributed by atoms with E-state index < -0.39 is 0 Å². The summed E-state index contributed by atoms with van der Waals surface area (Å²) in [7, 11) is 0. The Morgan fingerprint density at radius 3 is 1.89 bits per heavy atom. The van der Waals surface area contributed by atoms with E-state index in [9.17, 15) is 0 Å². The van der Waals surface area contributed by atoms with Crippen LogP contribution < -0.4 is 14.5 Å². The first-order valence-electron chi connectivity index (χ1n) is 22.2. The molecule has 0 saturated heterocycles. The third-order valence-corrected chi connectivity index (χ3v) is 12.5. The van der Waals surface area contributed by atoms with Gasteiger partial charge in [0.15, 0.2) is 0 Å². The van der Waals surface area contributed by atoms with Crippen molar-refractivity contribution >= 4 is 44.6 Å². The molecule has 6 aromatic carbocycles. The Morgan fingerprint density at radius 1 is 0.532 bits per heavy atom. The number of rotatable bonds is 7. The lowest BCUT2D eigenvalue weighted by atomic mass is 9.78. The van der Waals surface area contributed by atoms with Gasteiger partial charge in [-0.3, -0.25) is 4.57 Å². The number of aromatic nitrogens is 2. The van der Waals surface area contributed by atoms with E-state index in [1.807, 2.05) is 6.20 Å². The molecule has 0 atom stereocenters. The molecule has 0 amide bonds. The zero-order valence-corrected chi connectivity index (χ0v) is 38.3. The minimum absolute atomic E-state index is 0.0165. The molecule has 0 bridgehead atoms. The summed E-state index contributed by atoms with van der Waals surface area (Å²) in [5.74, 6) is 2.78.